The van der Waals surface area contributed by atoms with Crippen LogP contribution in [0.5, 0.6) is 0 Å². The summed E-state index contributed by atoms with van der Waals surface area (Å²) in [5.41, 5.74) is 3.49. The van der Waals surface area contributed by atoms with Gasteiger partial charge in [0.1, 0.15) is 17.5 Å². The molecule has 6 heteroatoms. The summed E-state index contributed by atoms with van der Waals surface area (Å²) in [7, 11) is 0. The van der Waals surface area contributed by atoms with Crippen molar-refractivity contribution in [2.75, 3.05) is 5.32 Å². The fourth-order valence-electron chi connectivity index (χ4n) is 3.50. The molecule has 1 N–H and O–H groups in total. The van der Waals surface area contributed by atoms with Crippen molar-refractivity contribution in [2.45, 2.75) is 13.5 Å². The average molecular weight is 444 g/mol. The van der Waals surface area contributed by atoms with Gasteiger partial charge < -0.3 is 9.88 Å². The number of benzene rings is 3. The molecule has 0 saturated carbocycles. The molecule has 3 aromatic carbocycles. The lowest BCUT2D eigenvalue weighted by molar-refractivity contribution is -0.112. The van der Waals surface area contributed by atoms with E-state index in [1.165, 1.54) is 6.07 Å². The fourth-order valence-corrected chi connectivity index (χ4v) is 3.68. The summed E-state index contributed by atoms with van der Waals surface area (Å²) < 4.78 is 16.1. The molecule has 158 valence electrons. The maximum Gasteiger partial charge on any atom is 0.266 e. The van der Waals surface area contributed by atoms with E-state index >= 15 is 0 Å². The topological polar surface area (TPSA) is 57.8 Å². The molecule has 1 amide bonds. The first-order valence-corrected chi connectivity index (χ1v) is 10.3. The number of nitrogens with one attached hydrogen (secondary N) is 1. The van der Waals surface area contributed by atoms with Crippen LogP contribution in [0.2, 0.25) is 5.02 Å². The molecule has 0 spiro atoms. The quantitative estimate of drug-likeness (QED) is 0.289. The fraction of sp³-hybridized carbons (Fsp3) is 0.0769. The molecule has 1 heterocycles. The van der Waals surface area contributed by atoms with E-state index in [-0.39, 0.29) is 11.4 Å². The number of nitriles is 1. The highest BCUT2D eigenvalue weighted by Gasteiger charge is 2.14. The number of fused-ring (bicyclic) bond motifs is 1. The largest absolute Gasteiger partial charge is 0.342 e. The molecule has 0 fully saturated rings. The second-order valence-electron chi connectivity index (χ2n) is 7.41. The Kier molecular flexibility index (Phi) is 6.07. The van der Waals surface area contributed by atoms with Gasteiger partial charge in [-0.25, -0.2) is 4.39 Å². The van der Waals surface area contributed by atoms with E-state index in [1.54, 1.807) is 42.5 Å². The van der Waals surface area contributed by atoms with Gasteiger partial charge in [-0.3, -0.25) is 4.79 Å². The lowest BCUT2D eigenvalue weighted by atomic mass is 10.1. The van der Waals surface area contributed by atoms with E-state index in [0.29, 0.717) is 28.4 Å². The average Bonchev–Trinajstić information content (AvgIpc) is 3.13. The molecular weight excluding hydrogens is 425 g/mol. The number of halogens is 2. The van der Waals surface area contributed by atoms with Crippen LogP contribution in [-0.2, 0) is 11.3 Å². The van der Waals surface area contributed by atoms with Crippen LogP contribution >= 0.6 is 11.6 Å². The molecule has 4 aromatic rings. The van der Waals surface area contributed by atoms with Crippen LogP contribution in [0.15, 0.2) is 78.5 Å². The van der Waals surface area contributed by atoms with Crippen molar-refractivity contribution in [3.05, 3.63) is 106 Å². The molecular formula is C26H19ClFN3O. The number of rotatable bonds is 5. The zero-order valence-corrected chi connectivity index (χ0v) is 18.0. The number of carbonyl (C=O) groups excluding carboxylic acids is 1. The van der Waals surface area contributed by atoms with Gasteiger partial charge in [0.15, 0.2) is 0 Å². The number of hydrogen-bond acceptors (Lipinski definition) is 2. The van der Waals surface area contributed by atoms with Crippen molar-refractivity contribution in [2.24, 2.45) is 0 Å². The molecule has 0 saturated heterocycles. The summed E-state index contributed by atoms with van der Waals surface area (Å²) in [6.07, 6.45) is 3.37. The Bertz CT molecular complexity index is 1400. The highest BCUT2D eigenvalue weighted by Crippen LogP contribution is 2.26. The SMILES string of the molecule is Cc1ccc(NC(=O)/C(C#N)=C\c2cn(Cc3ccccc3F)c3ccccc23)cc1Cl. The third-order valence-electron chi connectivity index (χ3n) is 5.21. The van der Waals surface area contributed by atoms with Gasteiger partial charge in [-0.05, 0) is 42.8 Å². The molecule has 4 rings (SSSR count). The minimum absolute atomic E-state index is 0.0458. The number of para-hydroxylation sites is 1. The van der Waals surface area contributed by atoms with Crippen LogP contribution < -0.4 is 5.32 Å². The van der Waals surface area contributed by atoms with Crippen LogP contribution in [0.3, 0.4) is 0 Å². The number of amides is 1. The van der Waals surface area contributed by atoms with Crippen molar-refractivity contribution < 1.29 is 9.18 Å². The molecule has 0 aliphatic carbocycles. The normalized spacial score (nSPS) is 11.4. The molecule has 1 aromatic heterocycles. The van der Waals surface area contributed by atoms with Crippen molar-refractivity contribution in [3.63, 3.8) is 0 Å². The third kappa shape index (κ3) is 4.41. The highest BCUT2D eigenvalue weighted by molar-refractivity contribution is 6.31. The summed E-state index contributed by atoms with van der Waals surface area (Å²) in [5, 5.41) is 13.7. The lowest BCUT2D eigenvalue weighted by Gasteiger charge is -2.06. The molecule has 32 heavy (non-hydrogen) atoms. The summed E-state index contributed by atoms with van der Waals surface area (Å²) in [4.78, 5) is 12.7. The Morgan fingerprint density at radius 3 is 2.66 bits per heavy atom. The van der Waals surface area contributed by atoms with Gasteiger partial charge in [-0.1, -0.05) is 54.1 Å². The van der Waals surface area contributed by atoms with Gasteiger partial charge in [0.25, 0.3) is 5.91 Å². The molecule has 4 nitrogen and oxygen atoms in total. The summed E-state index contributed by atoms with van der Waals surface area (Å²) in [6, 6.07) is 21.4. The number of carbonyl (C=O) groups is 1. The first-order valence-electron chi connectivity index (χ1n) is 9.97. The standard InChI is InChI=1S/C26H19ClFN3O/c1-17-10-11-21(13-23(17)27)30-26(32)19(14-29)12-20-16-31(25-9-5-3-7-22(20)25)15-18-6-2-4-8-24(18)28/h2-13,16H,15H2,1H3,(H,30,32)/b19-12-. The number of aromatic nitrogens is 1. The number of hydrogen-bond donors (Lipinski definition) is 1. The van der Waals surface area contributed by atoms with Crippen LogP contribution in [-0.4, -0.2) is 10.5 Å². The zero-order chi connectivity index (χ0) is 22.7. The first-order chi connectivity index (χ1) is 15.5. The summed E-state index contributed by atoms with van der Waals surface area (Å²) in [6.45, 7) is 2.20. The molecule has 0 atom stereocenters. The predicted molar refractivity (Wildman–Crippen MR) is 126 cm³/mol. The minimum Gasteiger partial charge on any atom is -0.342 e. The Hall–Kier alpha value is -3.88. The second-order valence-corrected chi connectivity index (χ2v) is 7.82. The van der Waals surface area contributed by atoms with Crippen LogP contribution in [0.1, 0.15) is 16.7 Å². The third-order valence-corrected chi connectivity index (χ3v) is 5.62. The Morgan fingerprint density at radius 2 is 1.91 bits per heavy atom. The van der Waals surface area contributed by atoms with Crippen LogP contribution in [0.4, 0.5) is 10.1 Å². The summed E-state index contributed by atoms with van der Waals surface area (Å²) in [5.74, 6) is -0.811. The Labute approximate surface area is 190 Å². The number of nitrogens with zero attached hydrogens (tertiary/aromatic N) is 2. The van der Waals surface area contributed by atoms with Gasteiger partial charge in [0.05, 0.1) is 6.54 Å². The lowest BCUT2D eigenvalue weighted by Crippen LogP contribution is -2.13. The molecule has 0 bridgehead atoms. The highest BCUT2D eigenvalue weighted by atomic mass is 35.5. The molecule has 0 aliphatic rings. The van der Waals surface area contributed by atoms with E-state index in [4.69, 9.17) is 11.6 Å². The smallest absolute Gasteiger partial charge is 0.266 e. The molecule has 0 unspecified atom stereocenters. The second kappa shape index (κ2) is 9.09. The van der Waals surface area contributed by atoms with Crippen LogP contribution in [0, 0.1) is 24.1 Å². The maximum atomic E-state index is 14.2. The number of aryl methyl sites for hydroxylation is 1. The zero-order valence-electron chi connectivity index (χ0n) is 17.3. The van der Waals surface area contributed by atoms with Crippen LogP contribution in [0.25, 0.3) is 17.0 Å². The van der Waals surface area contributed by atoms with Gasteiger partial charge in [0.2, 0.25) is 0 Å². The van der Waals surface area contributed by atoms with Gasteiger partial charge >= 0.3 is 0 Å². The molecule has 0 radical (unpaired) electrons. The first kappa shape index (κ1) is 21.4. The Balaban J connectivity index is 1.68. The predicted octanol–water partition coefficient (Wildman–Crippen LogP) is 6.34. The van der Waals surface area contributed by atoms with E-state index in [1.807, 2.05) is 48.0 Å². The van der Waals surface area contributed by atoms with E-state index < -0.39 is 5.91 Å². The minimum atomic E-state index is -0.529. The number of anilines is 1. The van der Waals surface area contributed by atoms with Crippen molar-refractivity contribution in [3.8, 4) is 6.07 Å². The van der Waals surface area contributed by atoms with E-state index in [9.17, 15) is 14.4 Å². The summed E-state index contributed by atoms with van der Waals surface area (Å²) >= 11 is 6.13. The van der Waals surface area contributed by atoms with Gasteiger partial charge in [-0.2, -0.15) is 5.26 Å². The van der Waals surface area contributed by atoms with Crippen molar-refractivity contribution in [1.82, 2.24) is 4.57 Å². The van der Waals surface area contributed by atoms with E-state index in [0.717, 1.165) is 16.5 Å². The monoisotopic (exact) mass is 443 g/mol. The van der Waals surface area contributed by atoms with E-state index in [2.05, 4.69) is 5.32 Å². The Morgan fingerprint density at radius 1 is 1.16 bits per heavy atom. The van der Waals surface area contributed by atoms with Crippen molar-refractivity contribution in [1.29, 1.82) is 5.26 Å². The van der Waals surface area contributed by atoms with Gasteiger partial charge in [-0.15, -0.1) is 0 Å². The molecule has 0 aliphatic heterocycles. The maximum absolute atomic E-state index is 14.2. The van der Waals surface area contributed by atoms with Crippen molar-refractivity contribution >= 4 is 40.2 Å². The van der Waals surface area contributed by atoms with Gasteiger partial charge in [0, 0.05) is 38.9 Å².